The molecule has 1 aromatic heterocycles. The molecule has 1 saturated heterocycles. The third kappa shape index (κ3) is 6.73. The quantitative estimate of drug-likeness (QED) is 0.206. The number of thiophene rings is 1. The second-order valence-corrected chi connectivity index (χ2v) is 9.95. The van der Waals surface area contributed by atoms with E-state index >= 15 is 0 Å². The first kappa shape index (κ1) is 25.4. The van der Waals surface area contributed by atoms with Crippen LogP contribution >= 0.6 is 11.3 Å². The van der Waals surface area contributed by atoms with Crippen molar-refractivity contribution in [2.24, 2.45) is 5.73 Å². The lowest BCUT2D eigenvalue weighted by Crippen LogP contribution is -2.45. The Balaban J connectivity index is 1.34. The predicted octanol–water partition coefficient (Wildman–Crippen LogP) is 4.28. The number of unbranched alkanes of at least 4 members (excludes halogenated alkanes) is 1. The van der Waals surface area contributed by atoms with Crippen LogP contribution in [0.3, 0.4) is 0 Å². The van der Waals surface area contributed by atoms with Crippen molar-refractivity contribution in [1.29, 1.82) is 5.41 Å². The van der Waals surface area contributed by atoms with Crippen molar-refractivity contribution in [3.8, 4) is 5.75 Å². The van der Waals surface area contributed by atoms with Crippen molar-refractivity contribution < 1.29 is 14.3 Å². The van der Waals surface area contributed by atoms with Crippen LogP contribution in [0.25, 0.3) is 0 Å². The number of amides is 2. The number of para-hydroxylation sites is 1. The summed E-state index contributed by atoms with van der Waals surface area (Å²) in [6, 6.07) is 21.0. The number of nitrogens with zero attached hydrogens (tertiary/aromatic N) is 1. The van der Waals surface area contributed by atoms with Crippen LogP contribution in [0.2, 0.25) is 0 Å². The summed E-state index contributed by atoms with van der Waals surface area (Å²) in [5, 5.41) is 12.3. The number of nitrogens with two attached hydrogens (primary N) is 1. The zero-order chi connectivity index (χ0) is 25.3. The van der Waals surface area contributed by atoms with Crippen LogP contribution in [-0.4, -0.2) is 41.7 Å². The van der Waals surface area contributed by atoms with Gasteiger partial charge in [-0.15, -0.1) is 11.3 Å². The highest BCUT2D eigenvalue weighted by atomic mass is 32.1. The van der Waals surface area contributed by atoms with Crippen LogP contribution in [0.4, 0.5) is 0 Å². The molecule has 8 heteroatoms. The van der Waals surface area contributed by atoms with Crippen LogP contribution in [-0.2, 0) is 16.1 Å². The molecule has 4 N–H and O–H groups in total. The van der Waals surface area contributed by atoms with Crippen LogP contribution < -0.4 is 15.8 Å². The average Bonchev–Trinajstić information content (AvgIpc) is 3.56. The summed E-state index contributed by atoms with van der Waals surface area (Å²) in [4.78, 5) is 29.1. The summed E-state index contributed by atoms with van der Waals surface area (Å²) in [5.74, 6) is 0.817. The molecule has 2 aromatic carbocycles. The lowest BCUT2D eigenvalue weighted by molar-refractivity contribution is -0.138. The molecule has 0 spiro atoms. The van der Waals surface area contributed by atoms with Gasteiger partial charge in [-0.1, -0.05) is 48.5 Å². The summed E-state index contributed by atoms with van der Waals surface area (Å²) >= 11 is 1.45. The third-order valence-electron chi connectivity index (χ3n) is 6.39. The minimum absolute atomic E-state index is 0.00304. The van der Waals surface area contributed by atoms with Crippen molar-refractivity contribution in [3.05, 3.63) is 88.1 Å². The van der Waals surface area contributed by atoms with Crippen molar-refractivity contribution in [2.75, 3.05) is 13.2 Å². The van der Waals surface area contributed by atoms with Gasteiger partial charge in [-0.05, 0) is 43.0 Å². The number of likely N-dealkylation sites (tertiary alicyclic amines) is 1. The number of benzene rings is 2. The maximum absolute atomic E-state index is 13.2. The summed E-state index contributed by atoms with van der Waals surface area (Å²) in [6.45, 7) is 1.44. The standard InChI is InChI=1S/C28H32N4O3S/c29-27(30)22-15-24(36-19-22)17-31-28(34)25-16-21(20-9-3-1-4-10-20)18-32(25)26(33)13-7-8-14-35-23-11-5-2-6-12-23/h1-6,9-12,15,19,21,25H,7-8,13-14,16-18H2,(H3,29,30)(H,31,34). The second kappa shape index (κ2) is 12.4. The zero-order valence-electron chi connectivity index (χ0n) is 20.2. The minimum atomic E-state index is -0.504. The van der Waals surface area contributed by atoms with E-state index in [0.717, 1.165) is 22.6 Å². The van der Waals surface area contributed by atoms with Gasteiger partial charge in [0.05, 0.1) is 13.2 Å². The van der Waals surface area contributed by atoms with E-state index in [4.69, 9.17) is 15.9 Å². The first-order chi connectivity index (χ1) is 17.5. The summed E-state index contributed by atoms with van der Waals surface area (Å²) in [7, 11) is 0. The summed E-state index contributed by atoms with van der Waals surface area (Å²) < 4.78 is 5.73. The molecule has 2 unspecified atom stereocenters. The topological polar surface area (TPSA) is 109 Å². The molecule has 188 valence electrons. The molecule has 0 saturated carbocycles. The fourth-order valence-electron chi connectivity index (χ4n) is 4.46. The van der Waals surface area contributed by atoms with E-state index in [2.05, 4.69) is 17.4 Å². The number of amidine groups is 1. The molecule has 0 radical (unpaired) electrons. The van der Waals surface area contributed by atoms with Crippen LogP contribution in [0.5, 0.6) is 5.75 Å². The monoisotopic (exact) mass is 504 g/mol. The van der Waals surface area contributed by atoms with Gasteiger partial charge in [0.1, 0.15) is 17.6 Å². The third-order valence-corrected chi connectivity index (χ3v) is 7.33. The van der Waals surface area contributed by atoms with Crippen molar-refractivity contribution >= 4 is 29.0 Å². The molecular weight excluding hydrogens is 472 g/mol. The van der Waals surface area contributed by atoms with Gasteiger partial charge in [0, 0.05) is 34.7 Å². The van der Waals surface area contributed by atoms with E-state index in [0.29, 0.717) is 44.5 Å². The molecule has 36 heavy (non-hydrogen) atoms. The number of nitrogen functional groups attached to an aromatic ring is 1. The number of nitrogens with one attached hydrogen (secondary N) is 2. The Morgan fingerprint density at radius 3 is 2.50 bits per heavy atom. The molecule has 1 aliphatic rings. The number of carbonyl (C=O) groups excluding carboxylic acids is 2. The Bertz CT molecular complexity index is 1170. The molecule has 4 rings (SSSR count). The Hall–Kier alpha value is -3.65. The number of hydrogen-bond acceptors (Lipinski definition) is 5. The highest BCUT2D eigenvalue weighted by Gasteiger charge is 2.39. The maximum atomic E-state index is 13.2. The van der Waals surface area contributed by atoms with Gasteiger partial charge in [0.25, 0.3) is 0 Å². The molecule has 2 heterocycles. The van der Waals surface area contributed by atoms with E-state index in [1.165, 1.54) is 11.3 Å². The first-order valence-corrected chi connectivity index (χ1v) is 13.1. The molecule has 7 nitrogen and oxygen atoms in total. The largest absolute Gasteiger partial charge is 0.494 e. The molecular formula is C28H32N4O3S. The predicted molar refractivity (Wildman–Crippen MR) is 142 cm³/mol. The number of ether oxygens (including phenoxy) is 1. The molecule has 2 amide bonds. The van der Waals surface area contributed by atoms with Gasteiger partial charge in [0.2, 0.25) is 11.8 Å². The Morgan fingerprint density at radius 1 is 1.08 bits per heavy atom. The lowest BCUT2D eigenvalue weighted by Gasteiger charge is -2.24. The fraction of sp³-hybridized carbons (Fsp3) is 0.321. The Morgan fingerprint density at radius 2 is 1.81 bits per heavy atom. The highest BCUT2D eigenvalue weighted by molar-refractivity contribution is 7.10. The van der Waals surface area contributed by atoms with Gasteiger partial charge < -0.3 is 20.7 Å². The van der Waals surface area contributed by atoms with E-state index in [-0.39, 0.29) is 23.6 Å². The molecule has 1 aliphatic heterocycles. The minimum Gasteiger partial charge on any atom is -0.494 e. The van der Waals surface area contributed by atoms with E-state index in [9.17, 15) is 9.59 Å². The molecule has 2 atom stereocenters. The summed E-state index contributed by atoms with van der Waals surface area (Å²) in [6.07, 6.45) is 2.46. The first-order valence-electron chi connectivity index (χ1n) is 12.2. The molecule has 0 aliphatic carbocycles. The van der Waals surface area contributed by atoms with Crippen molar-refractivity contribution in [1.82, 2.24) is 10.2 Å². The second-order valence-electron chi connectivity index (χ2n) is 8.96. The highest BCUT2D eigenvalue weighted by Crippen LogP contribution is 2.32. The van der Waals surface area contributed by atoms with Crippen molar-refractivity contribution in [2.45, 2.75) is 44.2 Å². The fourth-order valence-corrected chi connectivity index (χ4v) is 5.29. The van der Waals surface area contributed by atoms with E-state index in [1.807, 2.05) is 60.0 Å². The van der Waals surface area contributed by atoms with Crippen LogP contribution in [0, 0.1) is 5.41 Å². The number of rotatable bonds is 11. The van der Waals surface area contributed by atoms with Gasteiger partial charge >= 0.3 is 0 Å². The van der Waals surface area contributed by atoms with Gasteiger partial charge in [-0.2, -0.15) is 0 Å². The Kier molecular flexibility index (Phi) is 8.73. The normalized spacial score (nSPS) is 17.1. The average molecular weight is 505 g/mol. The zero-order valence-corrected chi connectivity index (χ0v) is 21.0. The van der Waals surface area contributed by atoms with Crippen molar-refractivity contribution in [3.63, 3.8) is 0 Å². The lowest BCUT2D eigenvalue weighted by atomic mass is 9.96. The van der Waals surface area contributed by atoms with Gasteiger partial charge in [-0.3, -0.25) is 15.0 Å². The molecule has 1 fully saturated rings. The Labute approximate surface area is 215 Å². The maximum Gasteiger partial charge on any atom is 0.243 e. The number of carbonyl (C=O) groups is 2. The molecule has 3 aromatic rings. The van der Waals surface area contributed by atoms with E-state index in [1.54, 1.807) is 4.90 Å². The number of hydrogen-bond donors (Lipinski definition) is 3. The van der Waals surface area contributed by atoms with Crippen LogP contribution in [0.15, 0.2) is 72.1 Å². The van der Waals surface area contributed by atoms with Gasteiger partial charge in [0.15, 0.2) is 0 Å². The van der Waals surface area contributed by atoms with Gasteiger partial charge in [-0.25, -0.2) is 0 Å². The van der Waals surface area contributed by atoms with E-state index < -0.39 is 6.04 Å². The SMILES string of the molecule is N=C(N)c1csc(CNC(=O)C2CC(c3ccccc3)CN2C(=O)CCCCOc2ccccc2)c1. The van der Waals surface area contributed by atoms with Crippen LogP contribution in [0.1, 0.15) is 47.6 Å². The molecule has 0 bridgehead atoms. The smallest absolute Gasteiger partial charge is 0.243 e. The summed E-state index contributed by atoms with van der Waals surface area (Å²) in [5.41, 5.74) is 7.34.